The number of benzene rings is 1. The van der Waals surface area contributed by atoms with Gasteiger partial charge >= 0.3 is 6.36 Å². The molecule has 0 aliphatic heterocycles. The van der Waals surface area contributed by atoms with Crippen LogP contribution in [0.4, 0.5) is 18.9 Å². The minimum absolute atomic E-state index is 0.202. The Morgan fingerprint density at radius 3 is 2.50 bits per heavy atom. The van der Waals surface area contributed by atoms with Gasteiger partial charge < -0.3 is 10.5 Å². The standard InChI is InChI=1S/C10H12F3NO2/c1-7-2-3-9(8(14)6-7)15-4-5-16-10(11,12)13/h2-3,6H,4-5,14H2,1H3. The van der Waals surface area contributed by atoms with Gasteiger partial charge in [-0.05, 0) is 24.6 Å². The third-order valence-electron chi connectivity index (χ3n) is 1.77. The largest absolute Gasteiger partial charge is 0.522 e. The number of rotatable bonds is 4. The van der Waals surface area contributed by atoms with Gasteiger partial charge in [-0.1, -0.05) is 6.07 Å². The van der Waals surface area contributed by atoms with Crippen LogP contribution in [0.3, 0.4) is 0 Å². The van der Waals surface area contributed by atoms with E-state index in [1.807, 2.05) is 6.92 Å². The van der Waals surface area contributed by atoms with E-state index >= 15 is 0 Å². The average molecular weight is 235 g/mol. The molecule has 3 nitrogen and oxygen atoms in total. The predicted molar refractivity (Wildman–Crippen MR) is 53.1 cm³/mol. The van der Waals surface area contributed by atoms with Crippen LogP contribution in [0.5, 0.6) is 5.75 Å². The maximum atomic E-state index is 11.6. The summed E-state index contributed by atoms with van der Waals surface area (Å²) in [6, 6.07) is 5.05. The van der Waals surface area contributed by atoms with Gasteiger partial charge in [-0.15, -0.1) is 13.2 Å². The van der Waals surface area contributed by atoms with E-state index in [4.69, 9.17) is 10.5 Å². The van der Waals surface area contributed by atoms with Crippen LogP contribution in [0.15, 0.2) is 18.2 Å². The zero-order valence-corrected chi connectivity index (χ0v) is 8.67. The monoisotopic (exact) mass is 235 g/mol. The quantitative estimate of drug-likeness (QED) is 0.644. The molecular formula is C10H12F3NO2. The number of nitrogen functional groups attached to an aromatic ring is 1. The van der Waals surface area contributed by atoms with Crippen molar-refractivity contribution in [2.75, 3.05) is 18.9 Å². The first-order valence-electron chi connectivity index (χ1n) is 4.58. The third-order valence-corrected chi connectivity index (χ3v) is 1.77. The van der Waals surface area contributed by atoms with Gasteiger partial charge in [0, 0.05) is 0 Å². The number of nitrogens with two attached hydrogens (primary N) is 1. The fraction of sp³-hybridized carbons (Fsp3) is 0.400. The molecule has 16 heavy (non-hydrogen) atoms. The van der Waals surface area contributed by atoms with Gasteiger partial charge in [0.05, 0.1) is 12.3 Å². The van der Waals surface area contributed by atoms with Crippen molar-refractivity contribution in [1.82, 2.24) is 0 Å². The molecule has 0 fully saturated rings. The molecule has 0 spiro atoms. The Hall–Kier alpha value is -1.43. The van der Waals surface area contributed by atoms with Gasteiger partial charge in [0.2, 0.25) is 0 Å². The molecule has 90 valence electrons. The fourth-order valence-corrected chi connectivity index (χ4v) is 1.11. The first-order chi connectivity index (χ1) is 7.38. The molecule has 0 saturated carbocycles. The molecule has 2 N–H and O–H groups in total. The lowest BCUT2D eigenvalue weighted by Crippen LogP contribution is -2.18. The highest BCUT2D eigenvalue weighted by Crippen LogP contribution is 2.22. The summed E-state index contributed by atoms with van der Waals surface area (Å²) in [5, 5.41) is 0. The number of anilines is 1. The van der Waals surface area contributed by atoms with Crippen LogP contribution in [-0.2, 0) is 4.74 Å². The Bertz CT molecular complexity index is 352. The molecule has 1 rings (SSSR count). The maximum absolute atomic E-state index is 11.6. The van der Waals surface area contributed by atoms with Gasteiger partial charge in [0.1, 0.15) is 12.4 Å². The Labute approximate surface area is 91.0 Å². The molecule has 0 saturated heterocycles. The molecule has 0 unspecified atom stereocenters. The van der Waals surface area contributed by atoms with Crippen LogP contribution in [0, 0.1) is 6.92 Å². The van der Waals surface area contributed by atoms with E-state index in [1.54, 1.807) is 18.2 Å². The maximum Gasteiger partial charge on any atom is 0.522 e. The molecule has 0 atom stereocenters. The normalized spacial score (nSPS) is 11.5. The Kier molecular flexibility index (Phi) is 4.00. The second-order valence-electron chi connectivity index (χ2n) is 3.18. The first-order valence-corrected chi connectivity index (χ1v) is 4.58. The van der Waals surface area contributed by atoms with Crippen molar-refractivity contribution in [3.63, 3.8) is 0 Å². The van der Waals surface area contributed by atoms with Crippen molar-refractivity contribution in [2.45, 2.75) is 13.3 Å². The van der Waals surface area contributed by atoms with Crippen LogP contribution in [0.25, 0.3) is 0 Å². The minimum atomic E-state index is -4.62. The Balaban J connectivity index is 2.38. The van der Waals surface area contributed by atoms with Crippen molar-refractivity contribution >= 4 is 5.69 Å². The molecule has 0 radical (unpaired) electrons. The molecule has 0 heterocycles. The summed E-state index contributed by atoms with van der Waals surface area (Å²) in [6.45, 7) is 1.09. The number of halogens is 3. The van der Waals surface area contributed by atoms with Gasteiger partial charge in [0.25, 0.3) is 0 Å². The summed E-state index contributed by atoms with van der Waals surface area (Å²) in [4.78, 5) is 0. The lowest BCUT2D eigenvalue weighted by Gasteiger charge is -2.10. The second-order valence-corrected chi connectivity index (χ2v) is 3.18. The summed E-state index contributed by atoms with van der Waals surface area (Å²) in [5.74, 6) is 0.358. The SMILES string of the molecule is Cc1ccc(OCCOC(F)(F)F)c(N)c1. The summed E-state index contributed by atoms with van der Waals surface area (Å²) >= 11 is 0. The van der Waals surface area contributed by atoms with Gasteiger partial charge in [0.15, 0.2) is 0 Å². The highest BCUT2D eigenvalue weighted by Gasteiger charge is 2.28. The van der Waals surface area contributed by atoms with E-state index in [-0.39, 0.29) is 6.61 Å². The van der Waals surface area contributed by atoms with Crippen LogP contribution >= 0.6 is 0 Å². The molecular weight excluding hydrogens is 223 g/mol. The van der Waals surface area contributed by atoms with E-state index < -0.39 is 13.0 Å². The molecule has 0 amide bonds. The van der Waals surface area contributed by atoms with Crippen molar-refractivity contribution < 1.29 is 22.6 Å². The van der Waals surface area contributed by atoms with Crippen LogP contribution in [0.1, 0.15) is 5.56 Å². The zero-order valence-electron chi connectivity index (χ0n) is 8.67. The van der Waals surface area contributed by atoms with Crippen LogP contribution in [0.2, 0.25) is 0 Å². The van der Waals surface area contributed by atoms with E-state index in [2.05, 4.69) is 4.74 Å². The molecule has 0 aromatic heterocycles. The molecule has 0 aliphatic carbocycles. The van der Waals surface area contributed by atoms with Gasteiger partial charge in [-0.3, -0.25) is 4.74 Å². The summed E-state index contributed by atoms with van der Waals surface area (Å²) in [6.07, 6.45) is -4.62. The Morgan fingerprint density at radius 1 is 1.25 bits per heavy atom. The first kappa shape index (κ1) is 12.6. The highest BCUT2D eigenvalue weighted by molar-refractivity contribution is 5.53. The lowest BCUT2D eigenvalue weighted by molar-refractivity contribution is -0.325. The number of ether oxygens (including phenoxy) is 2. The van der Waals surface area contributed by atoms with E-state index in [1.165, 1.54) is 0 Å². The van der Waals surface area contributed by atoms with E-state index in [0.29, 0.717) is 11.4 Å². The van der Waals surface area contributed by atoms with Gasteiger partial charge in [-0.25, -0.2) is 0 Å². The average Bonchev–Trinajstić information content (AvgIpc) is 2.13. The minimum Gasteiger partial charge on any atom is -0.489 e. The number of hydrogen-bond donors (Lipinski definition) is 1. The molecule has 1 aromatic carbocycles. The van der Waals surface area contributed by atoms with Crippen molar-refractivity contribution in [2.24, 2.45) is 0 Å². The second kappa shape index (κ2) is 5.07. The Morgan fingerprint density at radius 2 is 1.94 bits per heavy atom. The predicted octanol–water partition coefficient (Wildman–Crippen LogP) is 2.49. The summed E-state index contributed by atoms with van der Waals surface area (Å²) in [7, 11) is 0. The third kappa shape index (κ3) is 4.39. The summed E-state index contributed by atoms with van der Waals surface area (Å²) < 4.78 is 43.4. The number of hydrogen-bond acceptors (Lipinski definition) is 3. The molecule has 0 aliphatic rings. The fourth-order valence-electron chi connectivity index (χ4n) is 1.11. The number of aryl methyl sites for hydroxylation is 1. The van der Waals surface area contributed by atoms with Crippen molar-refractivity contribution in [3.8, 4) is 5.75 Å². The van der Waals surface area contributed by atoms with E-state index in [9.17, 15) is 13.2 Å². The topological polar surface area (TPSA) is 44.5 Å². The van der Waals surface area contributed by atoms with Crippen LogP contribution in [-0.4, -0.2) is 19.6 Å². The smallest absolute Gasteiger partial charge is 0.489 e. The summed E-state index contributed by atoms with van der Waals surface area (Å²) in [5.41, 5.74) is 6.95. The molecule has 0 bridgehead atoms. The molecule has 1 aromatic rings. The molecule has 6 heteroatoms. The zero-order chi connectivity index (χ0) is 12.2. The van der Waals surface area contributed by atoms with Crippen LogP contribution < -0.4 is 10.5 Å². The van der Waals surface area contributed by atoms with Crippen molar-refractivity contribution in [1.29, 1.82) is 0 Å². The highest BCUT2D eigenvalue weighted by atomic mass is 19.4. The van der Waals surface area contributed by atoms with Gasteiger partial charge in [-0.2, -0.15) is 0 Å². The lowest BCUT2D eigenvalue weighted by atomic mass is 10.2. The van der Waals surface area contributed by atoms with Crippen molar-refractivity contribution in [3.05, 3.63) is 23.8 Å². The number of alkyl halides is 3. The van der Waals surface area contributed by atoms with E-state index in [0.717, 1.165) is 5.56 Å².